The molecular formula is C16H12F3NO3. The molecule has 0 spiro atoms. The zero-order valence-electron chi connectivity index (χ0n) is 11.8. The summed E-state index contributed by atoms with van der Waals surface area (Å²) < 4.78 is 45.7. The van der Waals surface area contributed by atoms with Crippen molar-refractivity contribution in [2.24, 2.45) is 0 Å². The minimum Gasteiger partial charge on any atom is -0.441 e. The molecule has 7 heteroatoms. The van der Waals surface area contributed by atoms with Gasteiger partial charge < -0.3 is 9.84 Å². The van der Waals surface area contributed by atoms with E-state index in [2.05, 4.69) is 0 Å². The molecule has 1 heterocycles. The number of rotatable bonds is 3. The molecule has 0 radical (unpaired) electrons. The van der Waals surface area contributed by atoms with Crippen molar-refractivity contribution in [1.82, 2.24) is 0 Å². The third-order valence-electron chi connectivity index (χ3n) is 3.52. The minimum atomic E-state index is -0.808. The molecular weight excluding hydrogens is 311 g/mol. The predicted molar refractivity (Wildman–Crippen MR) is 76.5 cm³/mol. The van der Waals surface area contributed by atoms with Crippen molar-refractivity contribution in [1.29, 1.82) is 0 Å². The fourth-order valence-corrected chi connectivity index (χ4v) is 2.44. The van der Waals surface area contributed by atoms with Crippen molar-refractivity contribution in [3.63, 3.8) is 0 Å². The lowest BCUT2D eigenvalue weighted by Gasteiger charge is -2.14. The molecule has 4 nitrogen and oxygen atoms in total. The Morgan fingerprint density at radius 2 is 1.83 bits per heavy atom. The normalized spacial score (nSPS) is 17.5. The molecule has 120 valence electrons. The Morgan fingerprint density at radius 1 is 1.13 bits per heavy atom. The zero-order chi connectivity index (χ0) is 16.6. The van der Waals surface area contributed by atoms with E-state index in [0.717, 1.165) is 18.2 Å². The molecule has 0 aliphatic carbocycles. The van der Waals surface area contributed by atoms with Gasteiger partial charge in [-0.2, -0.15) is 0 Å². The highest BCUT2D eigenvalue weighted by Crippen LogP contribution is 2.29. The molecule has 1 aliphatic heterocycles. The number of carbonyl (C=O) groups excluding carboxylic acids is 1. The zero-order valence-corrected chi connectivity index (χ0v) is 11.8. The molecule has 1 aliphatic rings. The van der Waals surface area contributed by atoms with Gasteiger partial charge in [-0.1, -0.05) is 0 Å². The van der Waals surface area contributed by atoms with Crippen LogP contribution in [0.1, 0.15) is 0 Å². The van der Waals surface area contributed by atoms with Gasteiger partial charge in [0, 0.05) is 11.6 Å². The lowest BCUT2D eigenvalue weighted by molar-refractivity contribution is 0.0963. The van der Waals surface area contributed by atoms with Gasteiger partial charge in [0.15, 0.2) is 0 Å². The maximum atomic E-state index is 14.3. The quantitative estimate of drug-likeness (QED) is 0.944. The van der Waals surface area contributed by atoms with E-state index in [0.29, 0.717) is 6.07 Å². The van der Waals surface area contributed by atoms with E-state index in [9.17, 15) is 18.0 Å². The van der Waals surface area contributed by atoms with Crippen LogP contribution in [-0.2, 0) is 4.74 Å². The number of aliphatic hydroxyl groups excluding tert-OH is 1. The van der Waals surface area contributed by atoms with Gasteiger partial charge in [-0.25, -0.2) is 18.0 Å². The molecule has 1 atom stereocenters. The smallest absolute Gasteiger partial charge is 0.414 e. The van der Waals surface area contributed by atoms with Gasteiger partial charge in [-0.15, -0.1) is 0 Å². The van der Waals surface area contributed by atoms with Crippen LogP contribution in [0.15, 0.2) is 36.4 Å². The van der Waals surface area contributed by atoms with Gasteiger partial charge in [0.25, 0.3) is 0 Å². The van der Waals surface area contributed by atoms with Crippen LogP contribution in [0.25, 0.3) is 11.1 Å². The molecule has 2 aromatic rings. The summed E-state index contributed by atoms with van der Waals surface area (Å²) in [5.74, 6) is -2.34. The highest BCUT2D eigenvalue weighted by molar-refractivity contribution is 5.90. The largest absolute Gasteiger partial charge is 0.441 e. The van der Waals surface area contributed by atoms with Crippen molar-refractivity contribution in [3.05, 3.63) is 53.8 Å². The predicted octanol–water partition coefficient (Wildman–Crippen LogP) is 3.09. The summed E-state index contributed by atoms with van der Waals surface area (Å²) in [7, 11) is 0. The first-order valence-electron chi connectivity index (χ1n) is 6.83. The summed E-state index contributed by atoms with van der Waals surface area (Å²) in [4.78, 5) is 12.9. The first-order chi connectivity index (χ1) is 11.0. The highest BCUT2D eigenvalue weighted by atomic mass is 19.1. The third kappa shape index (κ3) is 3.00. The number of halogens is 3. The SMILES string of the molecule is O=C1O[C@@H](CO)CN1c1ccc(-c2cc(F)cc(F)c2)c(F)c1. The number of nitrogens with zero attached hydrogens (tertiary/aromatic N) is 1. The monoisotopic (exact) mass is 323 g/mol. The second kappa shape index (κ2) is 5.92. The molecule has 0 aromatic heterocycles. The summed E-state index contributed by atoms with van der Waals surface area (Å²) in [6, 6.07) is 6.60. The van der Waals surface area contributed by atoms with Crippen LogP contribution in [0, 0.1) is 17.5 Å². The standard InChI is InChI=1S/C16H12F3NO3/c17-10-3-9(4-11(18)5-10)14-2-1-12(6-15(14)19)20-7-13(8-21)23-16(20)22/h1-6,13,21H,7-8H2/t13-/m1/s1. The maximum Gasteiger partial charge on any atom is 0.414 e. The molecule has 1 N–H and O–H groups in total. The van der Waals surface area contributed by atoms with Crippen molar-refractivity contribution in [2.75, 3.05) is 18.1 Å². The van der Waals surface area contributed by atoms with Gasteiger partial charge in [-0.3, -0.25) is 4.90 Å². The van der Waals surface area contributed by atoms with Crippen LogP contribution < -0.4 is 4.90 Å². The van der Waals surface area contributed by atoms with Gasteiger partial charge in [-0.05, 0) is 35.9 Å². The van der Waals surface area contributed by atoms with E-state index in [1.54, 1.807) is 0 Å². The van der Waals surface area contributed by atoms with Gasteiger partial charge in [0.1, 0.15) is 23.6 Å². The molecule has 23 heavy (non-hydrogen) atoms. The Morgan fingerprint density at radius 3 is 2.39 bits per heavy atom. The van der Waals surface area contributed by atoms with Crippen LogP contribution in [-0.4, -0.2) is 30.5 Å². The molecule has 3 rings (SSSR count). The number of benzene rings is 2. The Balaban J connectivity index is 1.94. The Labute approximate surface area is 129 Å². The number of anilines is 1. The first-order valence-corrected chi connectivity index (χ1v) is 6.83. The van der Waals surface area contributed by atoms with Crippen LogP contribution in [0.3, 0.4) is 0 Å². The van der Waals surface area contributed by atoms with Crippen LogP contribution in [0.2, 0.25) is 0 Å². The van der Waals surface area contributed by atoms with Gasteiger partial charge in [0.05, 0.1) is 18.8 Å². The highest BCUT2D eigenvalue weighted by Gasteiger charge is 2.32. The average molecular weight is 323 g/mol. The topological polar surface area (TPSA) is 49.8 Å². The first kappa shape index (κ1) is 15.4. The van der Waals surface area contributed by atoms with Crippen LogP contribution in [0.4, 0.5) is 23.7 Å². The minimum absolute atomic E-state index is 0.0124. The van der Waals surface area contributed by atoms with Crippen molar-refractivity contribution in [3.8, 4) is 11.1 Å². The summed E-state index contributed by atoms with van der Waals surface area (Å²) in [5.41, 5.74) is 0.311. The van der Waals surface area contributed by atoms with Crippen molar-refractivity contribution >= 4 is 11.8 Å². The lowest BCUT2D eigenvalue weighted by Crippen LogP contribution is -2.25. The molecule has 2 aromatic carbocycles. The van der Waals surface area contributed by atoms with Crippen molar-refractivity contribution in [2.45, 2.75) is 6.10 Å². The molecule has 0 unspecified atom stereocenters. The summed E-state index contributed by atoms with van der Waals surface area (Å²) in [5, 5.41) is 9.00. The average Bonchev–Trinajstić information content (AvgIpc) is 2.87. The van der Waals surface area contributed by atoms with E-state index in [-0.39, 0.29) is 30.0 Å². The van der Waals surface area contributed by atoms with Crippen LogP contribution in [0.5, 0.6) is 0 Å². The fourth-order valence-electron chi connectivity index (χ4n) is 2.44. The van der Waals surface area contributed by atoms with E-state index >= 15 is 0 Å². The van der Waals surface area contributed by atoms with Crippen molar-refractivity contribution < 1.29 is 27.8 Å². The number of hydrogen-bond donors (Lipinski definition) is 1. The van der Waals surface area contributed by atoms with Gasteiger partial charge >= 0.3 is 6.09 Å². The lowest BCUT2D eigenvalue weighted by atomic mass is 10.0. The number of carbonyl (C=O) groups is 1. The van der Waals surface area contributed by atoms with E-state index < -0.39 is 29.6 Å². The summed E-state index contributed by atoms with van der Waals surface area (Å²) >= 11 is 0. The number of aliphatic hydroxyl groups is 1. The third-order valence-corrected chi connectivity index (χ3v) is 3.52. The molecule has 1 amide bonds. The van der Waals surface area contributed by atoms with Crippen LogP contribution >= 0.6 is 0 Å². The molecule has 0 saturated carbocycles. The number of hydrogen-bond acceptors (Lipinski definition) is 3. The molecule has 1 fully saturated rings. The summed E-state index contributed by atoms with van der Waals surface area (Å²) in [6.07, 6.45) is -1.35. The van der Waals surface area contributed by atoms with Gasteiger partial charge in [0.2, 0.25) is 0 Å². The Kier molecular flexibility index (Phi) is 3.96. The van der Waals surface area contributed by atoms with E-state index in [1.165, 1.54) is 17.0 Å². The Hall–Kier alpha value is -2.54. The maximum absolute atomic E-state index is 14.3. The molecule has 0 bridgehead atoms. The van der Waals surface area contributed by atoms with E-state index in [1.807, 2.05) is 0 Å². The number of amides is 1. The fraction of sp³-hybridized carbons (Fsp3) is 0.188. The Bertz CT molecular complexity index is 746. The second-order valence-corrected chi connectivity index (χ2v) is 5.12. The second-order valence-electron chi connectivity index (χ2n) is 5.12. The summed E-state index contributed by atoms with van der Waals surface area (Å²) in [6.45, 7) is -0.228. The molecule has 1 saturated heterocycles. The number of cyclic esters (lactones) is 1. The van der Waals surface area contributed by atoms with E-state index in [4.69, 9.17) is 9.84 Å². The number of ether oxygens (including phenoxy) is 1.